The number of para-hydroxylation sites is 2. The quantitative estimate of drug-likeness (QED) is 0.430. The van der Waals surface area contributed by atoms with Gasteiger partial charge >= 0.3 is 0 Å². The topological polar surface area (TPSA) is 38.7 Å². The van der Waals surface area contributed by atoms with E-state index < -0.39 is 5.60 Å². The Labute approximate surface area is 170 Å². The van der Waals surface area contributed by atoms with E-state index >= 15 is 0 Å². The molecule has 3 nitrogen and oxygen atoms in total. The molecule has 0 saturated carbocycles. The van der Waals surface area contributed by atoms with Gasteiger partial charge < -0.3 is 14.6 Å². The van der Waals surface area contributed by atoms with Gasteiger partial charge in [-0.1, -0.05) is 84.9 Å². The van der Waals surface area contributed by atoms with Crippen LogP contribution in [0.5, 0.6) is 17.2 Å². The van der Waals surface area contributed by atoms with Crippen molar-refractivity contribution < 1.29 is 14.6 Å². The molecule has 0 heterocycles. The molecule has 0 spiro atoms. The highest BCUT2D eigenvalue weighted by Crippen LogP contribution is 2.43. The van der Waals surface area contributed by atoms with Crippen LogP contribution in [0.3, 0.4) is 0 Å². The third-order valence-corrected chi connectivity index (χ3v) is 4.99. The molecule has 3 heteroatoms. The average molecular weight is 382 g/mol. The van der Waals surface area contributed by atoms with Crippen LogP contribution in [-0.2, 0) is 5.60 Å². The summed E-state index contributed by atoms with van der Waals surface area (Å²) in [5.41, 5.74) is 1.89. The third kappa shape index (κ3) is 3.55. The lowest BCUT2D eigenvalue weighted by Gasteiger charge is -2.36. The molecule has 0 aliphatic heterocycles. The lowest BCUT2D eigenvalue weighted by Crippen LogP contribution is -2.36. The van der Waals surface area contributed by atoms with Crippen molar-refractivity contribution in [2.45, 2.75) is 5.60 Å². The summed E-state index contributed by atoms with van der Waals surface area (Å²) < 4.78 is 12.0. The molecule has 0 fully saturated rings. The molecule has 0 unspecified atom stereocenters. The van der Waals surface area contributed by atoms with Gasteiger partial charge in [-0.05, 0) is 24.3 Å². The molecular formula is C26H22O3. The Balaban J connectivity index is 2.00. The van der Waals surface area contributed by atoms with E-state index in [1.165, 1.54) is 0 Å². The number of hydrogen-bond acceptors (Lipinski definition) is 3. The number of phenolic OH excluding ortho intramolecular Hbond substituents is 1. The van der Waals surface area contributed by atoms with E-state index in [1.807, 2.05) is 91.0 Å². The third-order valence-electron chi connectivity index (χ3n) is 4.99. The Morgan fingerprint density at radius 2 is 1.07 bits per heavy atom. The summed E-state index contributed by atoms with van der Waals surface area (Å²) in [6, 6.07) is 35.0. The number of methoxy groups -OCH3 is 1. The first-order valence-corrected chi connectivity index (χ1v) is 9.46. The molecule has 4 rings (SSSR count). The molecule has 0 radical (unpaired) electrons. The zero-order chi connectivity index (χ0) is 20.1. The van der Waals surface area contributed by atoms with Gasteiger partial charge in [0.2, 0.25) is 0 Å². The van der Waals surface area contributed by atoms with Crippen molar-refractivity contribution in [1.29, 1.82) is 0 Å². The molecule has 0 saturated heterocycles. The summed E-state index contributed by atoms with van der Waals surface area (Å²) in [4.78, 5) is 0. The number of phenols is 1. The summed E-state index contributed by atoms with van der Waals surface area (Å²) in [6.45, 7) is 0. The standard InChI is InChI=1S/C26H22O3/c1-28-23-18-16-22(17-19-23)26(20-10-4-2-5-11-20,21-12-6-3-7-13-21)29-25-15-9-8-14-24(25)27/h2-19,27H,1H3. The summed E-state index contributed by atoms with van der Waals surface area (Å²) in [5, 5.41) is 10.5. The second-order valence-electron chi connectivity index (χ2n) is 6.71. The minimum atomic E-state index is -0.951. The average Bonchev–Trinajstić information content (AvgIpc) is 2.80. The Bertz CT molecular complexity index is 1020. The Morgan fingerprint density at radius 1 is 0.586 bits per heavy atom. The first kappa shape index (κ1) is 18.6. The largest absolute Gasteiger partial charge is 0.504 e. The van der Waals surface area contributed by atoms with E-state index in [0.717, 1.165) is 22.4 Å². The molecule has 1 N–H and O–H groups in total. The van der Waals surface area contributed by atoms with Gasteiger partial charge in [0.1, 0.15) is 5.75 Å². The minimum Gasteiger partial charge on any atom is -0.504 e. The summed E-state index contributed by atoms with van der Waals surface area (Å²) >= 11 is 0. The van der Waals surface area contributed by atoms with Gasteiger partial charge in [0.05, 0.1) is 7.11 Å². The highest BCUT2D eigenvalue weighted by atomic mass is 16.5. The van der Waals surface area contributed by atoms with Gasteiger partial charge in [0.15, 0.2) is 17.1 Å². The highest BCUT2D eigenvalue weighted by molar-refractivity contribution is 5.51. The number of benzene rings is 4. The predicted octanol–water partition coefficient (Wildman–Crippen LogP) is 5.77. The van der Waals surface area contributed by atoms with Crippen molar-refractivity contribution in [1.82, 2.24) is 0 Å². The fourth-order valence-electron chi connectivity index (χ4n) is 3.56. The van der Waals surface area contributed by atoms with Crippen LogP contribution < -0.4 is 9.47 Å². The van der Waals surface area contributed by atoms with E-state index in [9.17, 15) is 5.11 Å². The molecule has 144 valence electrons. The van der Waals surface area contributed by atoms with Crippen molar-refractivity contribution in [3.05, 3.63) is 126 Å². The monoisotopic (exact) mass is 382 g/mol. The molecule has 0 bridgehead atoms. The first-order valence-electron chi connectivity index (χ1n) is 9.46. The van der Waals surface area contributed by atoms with Gasteiger partial charge in [-0.3, -0.25) is 0 Å². The number of aromatic hydroxyl groups is 1. The SMILES string of the molecule is COc1ccc(C(Oc2ccccc2O)(c2ccccc2)c2ccccc2)cc1. The minimum absolute atomic E-state index is 0.0947. The number of ether oxygens (including phenoxy) is 2. The molecule has 0 amide bonds. The summed E-state index contributed by atoms with van der Waals surface area (Å²) in [5.74, 6) is 1.28. The van der Waals surface area contributed by atoms with Crippen LogP contribution in [-0.4, -0.2) is 12.2 Å². The van der Waals surface area contributed by atoms with Crippen molar-refractivity contribution in [2.24, 2.45) is 0 Å². The molecule has 0 aromatic heterocycles. The molecule has 4 aromatic rings. The van der Waals surface area contributed by atoms with Crippen molar-refractivity contribution in [3.63, 3.8) is 0 Å². The van der Waals surface area contributed by atoms with Crippen LogP contribution in [0.2, 0.25) is 0 Å². The van der Waals surface area contributed by atoms with Crippen LogP contribution in [0.25, 0.3) is 0 Å². The Kier molecular flexibility index (Phi) is 5.21. The van der Waals surface area contributed by atoms with E-state index in [2.05, 4.69) is 0 Å². The Morgan fingerprint density at radius 3 is 1.59 bits per heavy atom. The molecule has 0 atom stereocenters. The van der Waals surface area contributed by atoms with Crippen molar-refractivity contribution >= 4 is 0 Å². The van der Waals surface area contributed by atoms with Crippen LogP contribution >= 0.6 is 0 Å². The lowest BCUT2D eigenvalue weighted by molar-refractivity contribution is 0.149. The fourth-order valence-corrected chi connectivity index (χ4v) is 3.56. The second-order valence-corrected chi connectivity index (χ2v) is 6.71. The van der Waals surface area contributed by atoms with Crippen LogP contribution in [0.15, 0.2) is 109 Å². The summed E-state index contributed by atoms with van der Waals surface area (Å²) in [6.07, 6.45) is 0. The number of hydrogen-bond donors (Lipinski definition) is 1. The molecule has 29 heavy (non-hydrogen) atoms. The summed E-state index contributed by atoms with van der Waals surface area (Å²) in [7, 11) is 1.65. The maximum atomic E-state index is 10.5. The smallest absolute Gasteiger partial charge is 0.184 e. The van der Waals surface area contributed by atoms with Crippen LogP contribution in [0.1, 0.15) is 16.7 Å². The van der Waals surface area contributed by atoms with Crippen LogP contribution in [0.4, 0.5) is 0 Å². The molecule has 0 aliphatic carbocycles. The molecule has 0 aliphatic rings. The second kappa shape index (κ2) is 8.11. The van der Waals surface area contributed by atoms with Gasteiger partial charge in [0, 0.05) is 16.7 Å². The van der Waals surface area contributed by atoms with E-state index in [0.29, 0.717) is 5.75 Å². The zero-order valence-electron chi connectivity index (χ0n) is 16.2. The maximum absolute atomic E-state index is 10.5. The van der Waals surface area contributed by atoms with E-state index in [4.69, 9.17) is 9.47 Å². The zero-order valence-corrected chi connectivity index (χ0v) is 16.2. The van der Waals surface area contributed by atoms with Gasteiger partial charge in [-0.2, -0.15) is 0 Å². The maximum Gasteiger partial charge on any atom is 0.184 e. The predicted molar refractivity (Wildman–Crippen MR) is 114 cm³/mol. The fraction of sp³-hybridized carbons (Fsp3) is 0.0769. The highest BCUT2D eigenvalue weighted by Gasteiger charge is 2.39. The van der Waals surface area contributed by atoms with Crippen molar-refractivity contribution in [2.75, 3.05) is 7.11 Å². The van der Waals surface area contributed by atoms with Crippen molar-refractivity contribution in [3.8, 4) is 17.2 Å². The number of rotatable bonds is 6. The Hall–Kier alpha value is -3.72. The normalized spacial score (nSPS) is 11.1. The van der Waals surface area contributed by atoms with Crippen LogP contribution in [0, 0.1) is 0 Å². The van der Waals surface area contributed by atoms with Gasteiger partial charge in [-0.25, -0.2) is 0 Å². The van der Waals surface area contributed by atoms with E-state index in [-0.39, 0.29) is 5.75 Å². The van der Waals surface area contributed by atoms with Gasteiger partial charge in [-0.15, -0.1) is 0 Å². The molecule has 4 aromatic carbocycles. The molecular weight excluding hydrogens is 360 g/mol. The van der Waals surface area contributed by atoms with E-state index in [1.54, 1.807) is 25.3 Å². The lowest BCUT2D eigenvalue weighted by atomic mass is 9.80. The first-order chi connectivity index (χ1) is 14.2. The van der Waals surface area contributed by atoms with Gasteiger partial charge in [0.25, 0.3) is 0 Å².